The van der Waals surface area contributed by atoms with Gasteiger partial charge in [0, 0.05) is 31.2 Å². The van der Waals surface area contributed by atoms with Crippen molar-refractivity contribution in [3.63, 3.8) is 0 Å². The molecule has 1 aliphatic rings. The Labute approximate surface area is 187 Å². The van der Waals surface area contributed by atoms with Gasteiger partial charge < -0.3 is 10.6 Å². The van der Waals surface area contributed by atoms with E-state index in [0.29, 0.717) is 44.9 Å². The Bertz CT molecular complexity index is 703. The van der Waals surface area contributed by atoms with Crippen molar-refractivity contribution < 1.29 is 16.8 Å². The van der Waals surface area contributed by atoms with Gasteiger partial charge >= 0.3 is 0 Å². The van der Waals surface area contributed by atoms with Crippen LogP contribution in [0.3, 0.4) is 0 Å². The van der Waals surface area contributed by atoms with E-state index in [1.165, 1.54) is 0 Å². The van der Waals surface area contributed by atoms with Crippen molar-refractivity contribution >= 4 is 50.0 Å². The fraction of sp³-hybridized carbons (Fsp3) is 0.938. The largest absolute Gasteiger partial charge is 0.357 e. The number of guanidine groups is 1. The molecule has 0 aliphatic carbocycles. The molecule has 1 fully saturated rings. The standard InChI is InChI=1S/C16H35N5O4S2.HI/c1-6-12-27(24,25)21-10-8-14(9-11-21)19-15(17-7-2)18-13-16(3,4)20-26(5,22)23;/h14,20H,6-13H2,1-5H3,(H2,17,18,19);1H. The van der Waals surface area contributed by atoms with Crippen LogP contribution in [0.1, 0.15) is 47.0 Å². The van der Waals surface area contributed by atoms with E-state index in [2.05, 4.69) is 20.3 Å². The molecular formula is C16H36IN5O4S2. The summed E-state index contributed by atoms with van der Waals surface area (Å²) in [7, 11) is -6.46. The summed E-state index contributed by atoms with van der Waals surface area (Å²) in [5.41, 5.74) is -0.701. The lowest BCUT2D eigenvalue weighted by molar-refractivity contribution is 0.306. The average Bonchev–Trinajstić information content (AvgIpc) is 2.51. The first-order valence-corrected chi connectivity index (χ1v) is 12.9. The van der Waals surface area contributed by atoms with Gasteiger partial charge in [-0.25, -0.2) is 25.9 Å². The zero-order valence-corrected chi connectivity index (χ0v) is 21.4. The van der Waals surface area contributed by atoms with Crippen LogP contribution in [0, 0.1) is 0 Å². The first kappa shape index (κ1) is 27.8. The van der Waals surface area contributed by atoms with Crippen molar-refractivity contribution in [2.24, 2.45) is 4.99 Å². The molecule has 1 rings (SSSR count). The fourth-order valence-electron chi connectivity index (χ4n) is 2.99. The summed E-state index contributed by atoms with van der Waals surface area (Å²) in [6.45, 7) is 9.33. The quantitative estimate of drug-likeness (QED) is 0.220. The maximum absolute atomic E-state index is 12.2. The number of piperidine rings is 1. The molecule has 1 heterocycles. The zero-order chi connectivity index (χ0) is 20.7. The van der Waals surface area contributed by atoms with Crippen molar-refractivity contribution in [1.29, 1.82) is 0 Å². The van der Waals surface area contributed by atoms with Gasteiger partial charge in [0.05, 0.1) is 18.6 Å². The third-order valence-corrected chi connectivity index (χ3v) is 7.09. The van der Waals surface area contributed by atoms with Crippen molar-refractivity contribution in [3.8, 4) is 0 Å². The van der Waals surface area contributed by atoms with Gasteiger partial charge in [-0.2, -0.15) is 0 Å². The van der Waals surface area contributed by atoms with Crippen molar-refractivity contribution in [2.45, 2.75) is 58.5 Å². The van der Waals surface area contributed by atoms with E-state index in [9.17, 15) is 16.8 Å². The Morgan fingerprint density at radius 1 is 1.14 bits per heavy atom. The zero-order valence-electron chi connectivity index (χ0n) is 17.5. The summed E-state index contributed by atoms with van der Waals surface area (Å²) in [4.78, 5) is 4.50. The molecule has 0 spiro atoms. The molecule has 0 bridgehead atoms. The maximum Gasteiger partial charge on any atom is 0.214 e. The van der Waals surface area contributed by atoms with Gasteiger partial charge in [-0.1, -0.05) is 6.92 Å². The lowest BCUT2D eigenvalue weighted by Gasteiger charge is -2.32. The van der Waals surface area contributed by atoms with E-state index in [1.54, 1.807) is 18.2 Å². The van der Waals surface area contributed by atoms with Crippen LogP contribution in [0.2, 0.25) is 0 Å². The number of hydrogen-bond acceptors (Lipinski definition) is 5. The van der Waals surface area contributed by atoms with Gasteiger partial charge in [-0.3, -0.25) is 4.99 Å². The molecule has 3 N–H and O–H groups in total. The molecule has 0 aromatic heterocycles. The number of halogens is 1. The molecule has 12 heteroatoms. The molecule has 0 saturated carbocycles. The minimum Gasteiger partial charge on any atom is -0.357 e. The molecule has 1 saturated heterocycles. The summed E-state index contributed by atoms with van der Waals surface area (Å²) in [5, 5.41) is 6.49. The molecule has 28 heavy (non-hydrogen) atoms. The van der Waals surface area contributed by atoms with Gasteiger partial charge in [-0.15, -0.1) is 24.0 Å². The van der Waals surface area contributed by atoms with Gasteiger partial charge in [0.25, 0.3) is 0 Å². The van der Waals surface area contributed by atoms with Crippen LogP contribution in [0.4, 0.5) is 0 Å². The second kappa shape index (κ2) is 11.9. The van der Waals surface area contributed by atoms with Crippen LogP contribution in [-0.2, 0) is 20.0 Å². The summed E-state index contributed by atoms with van der Waals surface area (Å²) in [6.07, 6.45) is 3.16. The number of aliphatic imine (C=N–C) groups is 1. The minimum atomic E-state index is -3.32. The molecule has 1 aliphatic heterocycles. The topological polar surface area (TPSA) is 120 Å². The summed E-state index contributed by atoms with van der Waals surface area (Å²) >= 11 is 0. The van der Waals surface area contributed by atoms with E-state index in [4.69, 9.17) is 0 Å². The fourth-order valence-corrected chi connectivity index (χ4v) is 5.60. The van der Waals surface area contributed by atoms with Crippen molar-refractivity contribution in [1.82, 2.24) is 19.7 Å². The molecule has 9 nitrogen and oxygen atoms in total. The van der Waals surface area contributed by atoms with Crippen LogP contribution in [0.25, 0.3) is 0 Å². The lowest BCUT2D eigenvalue weighted by Crippen LogP contribution is -2.51. The Kier molecular flexibility index (Phi) is 11.8. The number of nitrogens with one attached hydrogen (secondary N) is 3. The Morgan fingerprint density at radius 3 is 2.18 bits per heavy atom. The van der Waals surface area contributed by atoms with E-state index in [-0.39, 0.29) is 42.3 Å². The van der Waals surface area contributed by atoms with E-state index in [0.717, 1.165) is 6.26 Å². The SMILES string of the molecule is CCCS(=O)(=O)N1CCC(NC(=NCC(C)(C)NS(C)(=O)=O)NCC)CC1.I. The Morgan fingerprint density at radius 2 is 1.71 bits per heavy atom. The predicted octanol–water partition coefficient (Wildman–Crippen LogP) is 0.692. The predicted molar refractivity (Wildman–Crippen MR) is 125 cm³/mol. The maximum atomic E-state index is 12.2. The van der Waals surface area contributed by atoms with Crippen LogP contribution < -0.4 is 15.4 Å². The van der Waals surface area contributed by atoms with Crippen molar-refractivity contribution in [3.05, 3.63) is 0 Å². The molecule has 0 radical (unpaired) electrons. The first-order chi connectivity index (χ1) is 12.4. The van der Waals surface area contributed by atoms with Crippen LogP contribution in [0.5, 0.6) is 0 Å². The van der Waals surface area contributed by atoms with Crippen molar-refractivity contribution in [2.75, 3.05) is 38.2 Å². The highest BCUT2D eigenvalue weighted by Gasteiger charge is 2.28. The number of sulfonamides is 2. The van der Waals surface area contributed by atoms with E-state index >= 15 is 0 Å². The van der Waals surface area contributed by atoms with E-state index < -0.39 is 25.6 Å². The summed E-state index contributed by atoms with van der Waals surface area (Å²) in [5.74, 6) is 0.799. The molecule has 0 aromatic rings. The Balaban J connectivity index is 0.00000729. The summed E-state index contributed by atoms with van der Waals surface area (Å²) < 4.78 is 51.3. The first-order valence-electron chi connectivity index (χ1n) is 9.40. The number of hydrogen-bond donors (Lipinski definition) is 3. The molecule has 0 unspecified atom stereocenters. The summed E-state index contributed by atoms with van der Waals surface area (Å²) in [6, 6.07) is 0.127. The van der Waals surface area contributed by atoms with E-state index in [1.807, 2.05) is 13.8 Å². The number of nitrogens with zero attached hydrogens (tertiary/aromatic N) is 2. The molecule has 168 valence electrons. The van der Waals surface area contributed by atoms with Crippen LogP contribution >= 0.6 is 24.0 Å². The Hall–Kier alpha value is -0.180. The normalized spacial score (nSPS) is 17.8. The molecule has 0 atom stereocenters. The van der Waals surface area contributed by atoms with Gasteiger partial charge in [0.2, 0.25) is 20.0 Å². The van der Waals surface area contributed by atoms with Crippen LogP contribution in [0.15, 0.2) is 4.99 Å². The van der Waals surface area contributed by atoms with Gasteiger partial charge in [0.1, 0.15) is 0 Å². The highest BCUT2D eigenvalue weighted by Crippen LogP contribution is 2.15. The third-order valence-electron chi connectivity index (χ3n) is 4.09. The average molecular weight is 554 g/mol. The number of rotatable bonds is 9. The monoisotopic (exact) mass is 553 g/mol. The lowest BCUT2D eigenvalue weighted by atomic mass is 10.1. The highest BCUT2D eigenvalue weighted by molar-refractivity contribution is 14.0. The highest BCUT2D eigenvalue weighted by atomic mass is 127. The molecular weight excluding hydrogens is 517 g/mol. The van der Waals surface area contributed by atoms with Gasteiger partial charge in [-0.05, 0) is 40.0 Å². The molecule has 0 amide bonds. The second-order valence-electron chi connectivity index (χ2n) is 7.59. The second-order valence-corrected chi connectivity index (χ2v) is 11.4. The minimum absolute atomic E-state index is 0. The van der Waals surface area contributed by atoms with Crippen LogP contribution in [-0.4, -0.2) is 76.9 Å². The molecule has 0 aromatic carbocycles. The van der Waals surface area contributed by atoms with Gasteiger partial charge in [0.15, 0.2) is 5.96 Å². The third kappa shape index (κ3) is 10.6. The smallest absolute Gasteiger partial charge is 0.214 e.